The van der Waals surface area contributed by atoms with Gasteiger partial charge >= 0.3 is 0 Å². The number of hydrogen-bond acceptors (Lipinski definition) is 4. The molecule has 90 valence electrons. The van der Waals surface area contributed by atoms with Crippen LogP contribution in [-0.4, -0.2) is 29.3 Å². The maximum atomic E-state index is 11.5. The SMILES string of the molecule is CCc1noc(CC)c1CC(=O)NCCO. The molecule has 5 nitrogen and oxygen atoms in total. The van der Waals surface area contributed by atoms with E-state index in [-0.39, 0.29) is 25.5 Å². The predicted molar refractivity (Wildman–Crippen MR) is 59.1 cm³/mol. The van der Waals surface area contributed by atoms with Crippen molar-refractivity contribution in [3.05, 3.63) is 17.0 Å². The van der Waals surface area contributed by atoms with Crippen LogP contribution in [0.2, 0.25) is 0 Å². The van der Waals surface area contributed by atoms with Gasteiger partial charge in [0.05, 0.1) is 18.7 Å². The molecular weight excluding hydrogens is 208 g/mol. The van der Waals surface area contributed by atoms with E-state index in [1.165, 1.54) is 0 Å². The Morgan fingerprint density at radius 1 is 1.44 bits per heavy atom. The summed E-state index contributed by atoms with van der Waals surface area (Å²) in [5.41, 5.74) is 1.73. The monoisotopic (exact) mass is 226 g/mol. The molecule has 0 atom stereocenters. The van der Waals surface area contributed by atoms with Gasteiger partial charge in [-0.25, -0.2) is 0 Å². The summed E-state index contributed by atoms with van der Waals surface area (Å²) in [6.45, 7) is 4.19. The molecule has 2 N–H and O–H groups in total. The van der Waals surface area contributed by atoms with Crippen LogP contribution >= 0.6 is 0 Å². The number of amides is 1. The van der Waals surface area contributed by atoms with Crippen LogP contribution in [0.5, 0.6) is 0 Å². The Labute approximate surface area is 94.8 Å². The Morgan fingerprint density at radius 2 is 2.19 bits per heavy atom. The number of carbonyl (C=O) groups excluding carboxylic acids is 1. The molecule has 0 aliphatic carbocycles. The third-order valence-corrected chi connectivity index (χ3v) is 2.38. The summed E-state index contributed by atoms with van der Waals surface area (Å²) in [4.78, 5) is 11.5. The molecule has 0 fully saturated rings. The highest BCUT2D eigenvalue weighted by Gasteiger charge is 2.16. The quantitative estimate of drug-likeness (QED) is 0.738. The molecule has 1 rings (SSSR count). The second kappa shape index (κ2) is 6.27. The molecule has 16 heavy (non-hydrogen) atoms. The van der Waals surface area contributed by atoms with Gasteiger partial charge in [-0.1, -0.05) is 19.0 Å². The van der Waals surface area contributed by atoms with Gasteiger partial charge in [0.1, 0.15) is 5.76 Å². The normalized spacial score (nSPS) is 10.4. The van der Waals surface area contributed by atoms with Crippen LogP contribution in [0.15, 0.2) is 4.52 Å². The molecular formula is C11H18N2O3. The fraction of sp³-hybridized carbons (Fsp3) is 0.636. The maximum absolute atomic E-state index is 11.5. The lowest BCUT2D eigenvalue weighted by atomic mass is 10.1. The lowest BCUT2D eigenvalue weighted by molar-refractivity contribution is -0.120. The molecule has 1 amide bonds. The highest BCUT2D eigenvalue weighted by molar-refractivity contribution is 5.79. The standard InChI is InChI=1S/C11H18N2O3/c1-3-9-8(10(4-2)16-13-9)7-11(15)12-5-6-14/h14H,3-7H2,1-2H3,(H,12,15). The van der Waals surface area contributed by atoms with Gasteiger partial charge in [0.25, 0.3) is 0 Å². The number of aliphatic hydroxyl groups excluding tert-OH is 1. The molecule has 0 aliphatic heterocycles. The zero-order chi connectivity index (χ0) is 12.0. The second-order valence-corrected chi connectivity index (χ2v) is 3.49. The molecule has 5 heteroatoms. The van der Waals surface area contributed by atoms with Crippen molar-refractivity contribution in [1.82, 2.24) is 10.5 Å². The van der Waals surface area contributed by atoms with Gasteiger partial charge in [-0.15, -0.1) is 0 Å². The van der Waals surface area contributed by atoms with Crippen molar-refractivity contribution in [2.75, 3.05) is 13.2 Å². The van der Waals surface area contributed by atoms with Gasteiger partial charge < -0.3 is 14.9 Å². The van der Waals surface area contributed by atoms with E-state index in [4.69, 9.17) is 9.63 Å². The second-order valence-electron chi connectivity index (χ2n) is 3.49. The Hall–Kier alpha value is -1.36. The fourth-order valence-electron chi connectivity index (χ4n) is 1.56. The first-order valence-electron chi connectivity index (χ1n) is 5.56. The maximum Gasteiger partial charge on any atom is 0.224 e. The Morgan fingerprint density at radius 3 is 2.75 bits per heavy atom. The number of rotatable bonds is 6. The van der Waals surface area contributed by atoms with Gasteiger partial charge in [-0.2, -0.15) is 0 Å². The molecule has 1 aromatic rings. The van der Waals surface area contributed by atoms with Crippen molar-refractivity contribution in [2.24, 2.45) is 0 Å². The van der Waals surface area contributed by atoms with E-state index in [2.05, 4.69) is 10.5 Å². The number of carbonyl (C=O) groups is 1. The molecule has 0 spiro atoms. The summed E-state index contributed by atoms with van der Waals surface area (Å²) in [5.74, 6) is 0.664. The number of aryl methyl sites for hydroxylation is 2. The molecule has 0 aliphatic rings. The summed E-state index contributed by atoms with van der Waals surface area (Å²) in [5, 5.41) is 15.1. The topological polar surface area (TPSA) is 75.4 Å². The number of aliphatic hydroxyl groups is 1. The first-order valence-corrected chi connectivity index (χ1v) is 5.56. The van der Waals surface area contributed by atoms with Crippen molar-refractivity contribution in [3.8, 4) is 0 Å². The number of nitrogens with zero attached hydrogens (tertiary/aromatic N) is 1. The third kappa shape index (κ3) is 3.06. The van der Waals surface area contributed by atoms with E-state index in [1.807, 2.05) is 13.8 Å². The van der Waals surface area contributed by atoms with Crippen molar-refractivity contribution >= 4 is 5.91 Å². The van der Waals surface area contributed by atoms with E-state index in [9.17, 15) is 4.79 Å². The Kier molecular flexibility index (Phi) is 4.98. The first kappa shape index (κ1) is 12.7. The van der Waals surface area contributed by atoms with E-state index in [1.54, 1.807) is 0 Å². The van der Waals surface area contributed by atoms with Gasteiger partial charge in [0, 0.05) is 18.5 Å². The first-order chi connectivity index (χ1) is 7.72. The van der Waals surface area contributed by atoms with Crippen LogP contribution in [0.1, 0.15) is 30.9 Å². The van der Waals surface area contributed by atoms with Gasteiger partial charge in [-0.05, 0) is 6.42 Å². The smallest absolute Gasteiger partial charge is 0.224 e. The van der Waals surface area contributed by atoms with Crippen LogP contribution in [0.3, 0.4) is 0 Å². The predicted octanol–water partition coefficient (Wildman–Crippen LogP) is 0.450. The summed E-state index contributed by atoms with van der Waals surface area (Å²) < 4.78 is 5.16. The largest absolute Gasteiger partial charge is 0.395 e. The number of aromatic nitrogens is 1. The Balaban J connectivity index is 2.70. The van der Waals surface area contributed by atoms with Crippen LogP contribution < -0.4 is 5.32 Å². The average molecular weight is 226 g/mol. The van der Waals surface area contributed by atoms with Gasteiger partial charge in [0.2, 0.25) is 5.91 Å². The highest BCUT2D eigenvalue weighted by Crippen LogP contribution is 2.16. The summed E-state index contributed by atoms with van der Waals surface area (Å²) in [7, 11) is 0. The van der Waals surface area contributed by atoms with Crippen LogP contribution in [0.25, 0.3) is 0 Å². The molecule has 0 radical (unpaired) electrons. The minimum absolute atomic E-state index is 0.0450. The molecule has 0 saturated carbocycles. The van der Waals surface area contributed by atoms with E-state index < -0.39 is 0 Å². The zero-order valence-corrected chi connectivity index (χ0v) is 9.75. The van der Waals surface area contributed by atoms with E-state index in [0.29, 0.717) is 0 Å². The van der Waals surface area contributed by atoms with Crippen molar-refractivity contribution in [1.29, 1.82) is 0 Å². The van der Waals surface area contributed by atoms with Gasteiger partial charge in [0.15, 0.2) is 0 Å². The molecule has 0 saturated heterocycles. The number of nitrogens with one attached hydrogen (secondary N) is 1. The highest BCUT2D eigenvalue weighted by atomic mass is 16.5. The van der Waals surface area contributed by atoms with Crippen LogP contribution in [-0.2, 0) is 24.1 Å². The number of hydrogen-bond donors (Lipinski definition) is 2. The van der Waals surface area contributed by atoms with Gasteiger partial charge in [-0.3, -0.25) is 4.79 Å². The lowest BCUT2D eigenvalue weighted by Crippen LogP contribution is -2.28. The molecule has 0 aromatic carbocycles. The Bertz CT molecular complexity index is 325. The van der Waals surface area contributed by atoms with Crippen molar-refractivity contribution in [3.63, 3.8) is 0 Å². The molecule has 0 bridgehead atoms. The lowest BCUT2D eigenvalue weighted by Gasteiger charge is -2.03. The zero-order valence-electron chi connectivity index (χ0n) is 9.75. The van der Waals surface area contributed by atoms with Crippen LogP contribution in [0.4, 0.5) is 0 Å². The summed E-state index contributed by atoms with van der Waals surface area (Å²) in [6, 6.07) is 0. The van der Waals surface area contributed by atoms with Crippen LogP contribution in [0, 0.1) is 0 Å². The minimum atomic E-state index is -0.110. The van der Waals surface area contributed by atoms with Crippen molar-refractivity contribution in [2.45, 2.75) is 33.1 Å². The molecule has 0 unspecified atom stereocenters. The average Bonchev–Trinajstić information content (AvgIpc) is 2.68. The summed E-state index contributed by atoms with van der Waals surface area (Å²) in [6.07, 6.45) is 1.76. The van der Waals surface area contributed by atoms with E-state index >= 15 is 0 Å². The minimum Gasteiger partial charge on any atom is -0.395 e. The summed E-state index contributed by atoms with van der Waals surface area (Å²) >= 11 is 0. The molecule has 1 heterocycles. The third-order valence-electron chi connectivity index (χ3n) is 2.38. The van der Waals surface area contributed by atoms with E-state index in [0.717, 1.165) is 29.9 Å². The fourth-order valence-corrected chi connectivity index (χ4v) is 1.56. The van der Waals surface area contributed by atoms with Crippen molar-refractivity contribution < 1.29 is 14.4 Å². The molecule has 1 aromatic heterocycles.